The summed E-state index contributed by atoms with van der Waals surface area (Å²) in [6, 6.07) is 4.78. The van der Waals surface area contributed by atoms with Crippen LogP contribution in [-0.2, 0) is 9.84 Å². The van der Waals surface area contributed by atoms with Crippen LogP contribution in [0.4, 0.5) is 30.6 Å². The number of nitrogens with zero attached hydrogens (tertiary/aromatic N) is 3. The van der Waals surface area contributed by atoms with Gasteiger partial charge in [-0.1, -0.05) is 17.7 Å². The lowest BCUT2D eigenvalue weighted by Gasteiger charge is -2.29. The van der Waals surface area contributed by atoms with Crippen LogP contribution < -0.4 is 20.7 Å². The highest BCUT2D eigenvalue weighted by Crippen LogP contribution is 2.37. The minimum Gasteiger partial charge on any atom is -0.404 e. The van der Waals surface area contributed by atoms with Crippen molar-refractivity contribution in [3.05, 3.63) is 46.9 Å². The van der Waals surface area contributed by atoms with Crippen molar-refractivity contribution in [2.24, 2.45) is 0 Å². The van der Waals surface area contributed by atoms with Gasteiger partial charge in [0.2, 0.25) is 5.95 Å². The van der Waals surface area contributed by atoms with Crippen LogP contribution in [0.1, 0.15) is 51.0 Å². The van der Waals surface area contributed by atoms with Crippen molar-refractivity contribution in [2.75, 3.05) is 30.8 Å². The molecular weight excluding hydrogens is 583 g/mol. The van der Waals surface area contributed by atoms with Gasteiger partial charge in [0.1, 0.15) is 5.02 Å². The molecule has 0 bridgehead atoms. The van der Waals surface area contributed by atoms with Crippen LogP contribution >= 0.6 is 11.6 Å². The normalized spacial score (nSPS) is 17.4. The van der Waals surface area contributed by atoms with Gasteiger partial charge in [-0.2, -0.15) is 4.98 Å². The Morgan fingerprint density at radius 2 is 1.90 bits per heavy atom. The Hall–Kier alpha value is -3.10. The third-order valence-corrected chi connectivity index (χ3v) is 9.16. The first-order chi connectivity index (χ1) is 19.2. The first-order valence-corrected chi connectivity index (χ1v) is 15.1. The fourth-order valence-electron chi connectivity index (χ4n) is 4.21. The van der Waals surface area contributed by atoms with Gasteiger partial charge in [0.25, 0.3) is 0 Å². The number of ether oxygens (including phenoxy) is 1. The highest BCUT2D eigenvalue weighted by molar-refractivity contribution is 8.07. The minimum absolute atomic E-state index is 0.00648. The van der Waals surface area contributed by atoms with Crippen molar-refractivity contribution in [1.82, 2.24) is 20.2 Å². The van der Waals surface area contributed by atoms with Crippen molar-refractivity contribution in [2.45, 2.75) is 63.1 Å². The smallest absolute Gasteiger partial charge is 0.404 e. The third kappa shape index (κ3) is 8.23. The molecule has 41 heavy (non-hydrogen) atoms. The molecule has 15 heteroatoms. The number of hydrogen-bond donors (Lipinski definition) is 4. The number of benzene rings is 1. The van der Waals surface area contributed by atoms with Crippen molar-refractivity contribution in [3.63, 3.8) is 0 Å². The van der Waals surface area contributed by atoms with Gasteiger partial charge in [-0.3, -0.25) is 5.41 Å². The second kappa shape index (κ2) is 12.4. The van der Waals surface area contributed by atoms with Gasteiger partial charge in [-0.15, -0.1) is 13.2 Å². The average molecular weight is 616 g/mol. The molecule has 1 aliphatic carbocycles. The number of hydrogen-bond acceptors (Lipinski definition) is 10. The van der Waals surface area contributed by atoms with E-state index in [1.807, 2.05) is 7.05 Å². The van der Waals surface area contributed by atoms with E-state index in [1.165, 1.54) is 38.4 Å². The summed E-state index contributed by atoms with van der Waals surface area (Å²) < 4.78 is 69.7. The third-order valence-electron chi connectivity index (χ3n) is 6.86. The van der Waals surface area contributed by atoms with E-state index in [9.17, 15) is 21.6 Å². The SMILES string of the molecule is CC(C)S(=O)(=O)C(=N)/C(=C\NC1CC1)Nc1nc(Nc2ccc(C3CCN(C)CC3)cc2OC(F)(F)F)ncc1Cl. The summed E-state index contributed by atoms with van der Waals surface area (Å²) in [5, 5.41) is 15.4. The number of nitrogens with one attached hydrogen (secondary N) is 4. The molecule has 2 aromatic rings. The Kier molecular flexibility index (Phi) is 9.34. The Bertz CT molecular complexity index is 1410. The van der Waals surface area contributed by atoms with E-state index in [0.717, 1.165) is 44.3 Å². The van der Waals surface area contributed by atoms with E-state index in [-0.39, 0.29) is 40.1 Å². The molecular formula is C26H33ClF3N7O3S. The van der Waals surface area contributed by atoms with E-state index < -0.39 is 32.2 Å². The molecule has 0 radical (unpaired) electrons. The van der Waals surface area contributed by atoms with E-state index in [0.29, 0.717) is 0 Å². The number of anilines is 3. The average Bonchev–Trinajstić information content (AvgIpc) is 3.73. The number of sulfone groups is 1. The summed E-state index contributed by atoms with van der Waals surface area (Å²) in [7, 11) is -1.94. The molecule has 0 atom stereocenters. The second-order valence-corrected chi connectivity index (χ2v) is 13.3. The highest BCUT2D eigenvalue weighted by Gasteiger charge is 2.33. The summed E-state index contributed by atoms with van der Waals surface area (Å²) >= 11 is 6.28. The zero-order valence-electron chi connectivity index (χ0n) is 22.8. The molecule has 0 amide bonds. The van der Waals surface area contributed by atoms with Gasteiger partial charge in [0, 0.05) is 12.2 Å². The lowest BCUT2D eigenvalue weighted by Crippen LogP contribution is -2.29. The van der Waals surface area contributed by atoms with Crippen LogP contribution in [0.25, 0.3) is 0 Å². The molecule has 1 saturated heterocycles. The molecule has 2 aliphatic rings. The predicted octanol–water partition coefficient (Wildman–Crippen LogP) is 5.39. The lowest BCUT2D eigenvalue weighted by atomic mass is 9.89. The first kappa shape index (κ1) is 30.8. The molecule has 1 saturated carbocycles. The lowest BCUT2D eigenvalue weighted by molar-refractivity contribution is -0.274. The Morgan fingerprint density at radius 1 is 1.22 bits per heavy atom. The van der Waals surface area contributed by atoms with Crippen LogP contribution in [0, 0.1) is 5.41 Å². The summed E-state index contributed by atoms with van der Waals surface area (Å²) in [4.78, 5) is 10.5. The van der Waals surface area contributed by atoms with Gasteiger partial charge in [-0.25, -0.2) is 13.4 Å². The number of alkyl halides is 3. The van der Waals surface area contributed by atoms with Crippen LogP contribution in [0.5, 0.6) is 5.75 Å². The van der Waals surface area contributed by atoms with E-state index >= 15 is 0 Å². The minimum atomic E-state index is -4.92. The first-order valence-electron chi connectivity index (χ1n) is 13.2. The van der Waals surface area contributed by atoms with E-state index in [4.69, 9.17) is 17.0 Å². The number of aromatic nitrogens is 2. The van der Waals surface area contributed by atoms with E-state index in [2.05, 4.69) is 35.6 Å². The zero-order chi connectivity index (χ0) is 29.9. The zero-order valence-corrected chi connectivity index (χ0v) is 24.4. The topological polar surface area (TPSA) is 132 Å². The van der Waals surface area contributed by atoms with Crippen LogP contribution in [0.2, 0.25) is 5.02 Å². The second-order valence-electron chi connectivity index (χ2n) is 10.4. The van der Waals surface area contributed by atoms with Crippen LogP contribution in [0.15, 0.2) is 36.3 Å². The molecule has 1 aromatic heterocycles. The Balaban J connectivity index is 1.61. The summed E-state index contributed by atoms with van der Waals surface area (Å²) in [5.41, 5.74) is 0.638. The highest BCUT2D eigenvalue weighted by atomic mass is 35.5. The molecule has 1 aliphatic heterocycles. The molecule has 4 rings (SSSR count). The van der Waals surface area contributed by atoms with Crippen molar-refractivity contribution < 1.29 is 26.3 Å². The molecule has 2 heterocycles. The molecule has 224 valence electrons. The van der Waals surface area contributed by atoms with Gasteiger partial charge in [0.15, 0.2) is 26.4 Å². The van der Waals surface area contributed by atoms with Gasteiger partial charge < -0.3 is 25.6 Å². The number of rotatable bonds is 10. The largest absolute Gasteiger partial charge is 0.573 e. The van der Waals surface area contributed by atoms with Crippen molar-refractivity contribution in [3.8, 4) is 5.75 Å². The maximum absolute atomic E-state index is 13.3. The predicted molar refractivity (Wildman–Crippen MR) is 153 cm³/mol. The maximum atomic E-state index is 13.3. The van der Waals surface area contributed by atoms with Gasteiger partial charge in [-0.05, 0) is 83.3 Å². The molecule has 0 unspecified atom stereocenters. The molecule has 1 aromatic carbocycles. The molecule has 2 fully saturated rings. The Morgan fingerprint density at radius 3 is 2.51 bits per heavy atom. The van der Waals surface area contributed by atoms with Gasteiger partial charge >= 0.3 is 6.36 Å². The molecule has 10 nitrogen and oxygen atoms in total. The quantitative estimate of drug-likeness (QED) is 0.205. The number of piperidine rings is 1. The van der Waals surface area contributed by atoms with Crippen LogP contribution in [-0.4, -0.2) is 66.1 Å². The fourth-order valence-corrected chi connectivity index (χ4v) is 5.23. The van der Waals surface area contributed by atoms with Crippen LogP contribution in [0.3, 0.4) is 0 Å². The fraction of sp³-hybridized carbons (Fsp3) is 0.500. The van der Waals surface area contributed by atoms with Gasteiger partial charge in [0.05, 0.1) is 22.8 Å². The summed E-state index contributed by atoms with van der Waals surface area (Å²) in [5.74, 6) is -0.493. The molecule has 0 spiro atoms. The standard InChI is InChI=1S/C26H33ClF3N7O3S/c1-15(2)41(38,39)23(31)21(14-32-18-5-6-18)34-24-19(27)13-33-25(36-24)35-20-7-4-17(12-22(20)40-26(28,29)30)16-8-10-37(3)11-9-16/h4,7,12-16,18,31-32H,5-6,8-11H2,1-3H3,(H2,33,34,35,36)/b21-14+,31-23?. The van der Waals surface area contributed by atoms with Crippen molar-refractivity contribution >= 4 is 43.9 Å². The van der Waals surface area contributed by atoms with E-state index in [1.54, 1.807) is 6.07 Å². The number of likely N-dealkylation sites (tertiary alicyclic amines) is 1. The van der Waals surface area contributed by atoms with Crippen molar-refractivity contribution in [1.29, 1.82) is 5.41 Å². The number of halogens is 4. The molecule has 4 N–H and O–H groups in total. The monoisotopic (exact) mass is 615 g/mol. The summed E-state index contributed by atoms with van der Waals surface area (Å²) in [6.45, 7) is 4.62. The summed E-state index contributed by atoms with van der Waals surface area (Å²) in [6.07, 6.45) is 1.13. The Labute approximate surface area is 242 Å². The maximum Gasteiger partial charge on any atom is 0.573 e.